The van der Waals surface area contributed by atoms with Gasteiger partial charge in [-0.3, -0.25) is 23.7 Å². The van der Waals surface area contributed by atoms with Crippen molar-refractivity contribution < 1.29 is 14.4 Å². The fourth-order valence-corrected chi connectivity index (χ4v) is 4.81. The SMILES string of the molecule is CCn1c(=O)n(CCN2CCC(CON(C(C)=O)c3ccccc3)C(OC)C2)c2ccccc21. The van der Waals surface area contributed by atoms with Crippen LogP contribution in [0.1, 0.15) is 20.3 Å². The van der Waals surface area contributed by atoms with Crippen molar-refractivity contribution in [3.63, 3.8) is 0 Å². The van der Waals surface area contributed by atoms with Crippen molar-refractivity contribution in [3.05, 3.63) is 65.1 Å². The van der Waals surface area contributed by atoms with Gasteiger partial charge >= 0.3 is 5.69 Å². The van der Waals surface area contributed by atoms with Gasteiger partial charge in [-0.2, -0.15) is 5.06 Å². The molecule has 2 unspecified atom stereocenters. The summed E-state index contributed by atoms with van der Waals surface area (Å²) in [5, 5.41) is 1.36. The van der Waals surface area contributed by atoms with Crippen LogP contribution in [0.25, 0.3) is 11.0 Å². The molecule has 1 aliphatic heterocycles. The smallest absolute Gasteiger partial charge is 0.329 e. The monoisotopic (exact) mass is 466 g/mol. The van der Waals surface area contributed by atoms with Gasteiger partial charge in [0.25, 0.3) is 0 Å². The molecule has 0 bridgehead atoms. The van der Waals surface area contributed by atoms with Crippen molar-refractivity contribution in [1.82, 2.24) is 14.0 Å². The van der Waals surface area contributed by atoms with Crippen LogP contribution in [0.4, 0.5) is 5.69 Å². The zero-order chi connectivity index (χ0) is 24.1. The van der Waals surface area contributed by atoms with Crippen LogP contribution in [-0.2, 0) is 27.5 Å². The number of carbonyl (C=O) groups is 1. The normalized spacial score (nSPS) is 18.9. The van der Waals surface area contributed by atoms with Crippen molar-refractivity contribution in [2.45, 2.75) is 39.5 Å². The number of hydrogen-bond acceptors (Lipinski definition) is 5. The number of anilines is 1. The number of para-hydroxylation sites is 3. The first-order chi connectivity index (χ1) is 16.5. The van der Waals surface area contributed by atoms with E-state index in [1.54, 1.807) is 7.11 Å². The van der Waals surface area contributed by atoms with Crippen molar-refractivity contribution in [1.29, 1.82) is 0 Å². The summed E-state index contributed by atoms with van der Waals surface area (Å²) in [6.07, 6.45) is 0.886. The number of rotatable bonds is 9. The molecule has 2 heterocycles. The highest BCUT2D eigenvalue weighted by Crippen LogP contribution is 2.23. The molecule has 1 aliphatic rings. The summed E-state index contributed by atoms with van der Waals surface area (Å²) < 4.78 is 9.50. The van der Waals surface area contributed by atoms with Crippen LogP contribution in [0.3, 0.4) is 0 Å². The van der Waals surface area contributed by atoms with Crippen LogP contribution in [0.15, 0.2) is 59.4 Å². The number of aryl methyl sites for hydroxylation is 1. The van der Waals surface area contributed by atoms with Crippen molar-refractivity contribution in [2.24, 2.45) is 5.92 Å². The minimum Gasteiger partial charge on any atom is -0.380 e. The number of piperidine rings is 1. The fourth-order valence-electron chi connectivity index (χ4n) is 4.81. The highest BCUT2D eigenvalue weighted by Gasteiger charge is 2.30. The maximum Gasteiger partial charge on any atom is 0.329 e. The topological polar surface area (TPSA) is 68.9 Å². The molecule has 34 heavy (non-hydrogen) atoms. The van der Waals surface area contributed by atoms with Gasteiger partial charge in [-0.1, -0.05) is 30.3 Å². The van der Waals surface area contributed by atoms with Crippen molar-refractivity contribution in [3.8, 4) is 0 Å². The number of fused-ring (bicyclic) bond motifs is 1. The fraction of sp³-hybridized carbons (Fsp3) is 0.462. The van der Waals surface area contributed by atoms with E-state index in [1.807, 2.05) is 70.7 Å². The second kappa shape index (κ2) is 11.0. The van der Waals surface area contributed by atoms with E-state index in [0.29, 0.717) is 19.7 Å². The lowest BCUT2D eigenvalue weighted by molar-refractivity contribution is -0.126. The highest BCUT2D eigenvalue weighted by atomic mass is 16.7. The summed E-state index contributed by atoms with van der Waals surface area (Å²) in [6.45, 7) is 7.62. The zero-order valence-electron chi connectivity index (χ0n) is 20.2. The largest absolute Gasteiger partial charge is 0.380 e. The quantitative estimate of drug-likeness (QED) is 0.453. The molecule has 0 aliphatic carbocycles. The van der Waals surface area contributed by atoms with E-state index in [9.17, 15) is 9.59 Å². The van der Waals surface area contributed by atoms with E-state index in [2.05, 4.69) is 4.90 Å². The molecule has 0 saturated carbocycles. The second-order valence-electron chi connectivity index (χ2n) is 8.74. The summed E-state index contributed by atoms with van der Waals surface area (Å²) in [7, 11) is 1.72. The summed E-state index contributed by atoms with van der Waals surface area (Å²) in [5.41, 5.74) is 2.72. The van der Waals surface area contributed by atoms with Crippen LogP contribution in [0, 0.1) is 5.92 Å². The summed E-state index contributed by atoms with van der Waals surface area (Å²) in [4.78, 5) is 33.3. The van der Waals surface area contributed by atoms with Crippen LogP contribution < -0.4 is 10.8 Å². The van der Waals surface area contributed by atoms with Gasteiger partial charge in [0.2, 0.25) is 5.91 Å². The Morgan fingerprint density at radius 3 is 2.35 bits per heavy atom. The van der Waals surface area contributed by atoms with E-state index in [-0.39, 0.29) is 23.6 Å². The average molecular weight is 467 g/mol. The molecule has 182 valence electrons. The summed E-state index contributed by atoms with van der Waals surface area (Å²) in [6, 6.07) is 17.4. The van der Waals surface area contributed by atoms with Gasteiger partial charge in [0.05, 0.1) is 29.4 Å². The lowest BCUT2D eigenvalue weighted by Crippen LogP contribution is -2.48. The van der Waals surface area contributed by atoms with Gasteiger partial charge in [0.1, 0.15) is 0 Å². The van der Waals surface area contributed by atoms with E-state index in [4.69, 9.17) is 9.57 Å². The molecule has 1 aromatic heterocycles. The Morgan fingerprint density at radius 1 is 1.03 bits per heavy atom. The number of amides is 1. The van der Waals surface area contributed by atoms with Gasteiger partial charge in [-0.05, 0) is 44.2 Å². The Balaban J connectivity index is 1.37. The minimum atomic E-state index is -0.158. The number of methoxy groups -OCH3 is 1. The van der Waals surface area contributed by atoms with Crippen LogP contribution in [0.5, 0.6) is 0 Å². The average Bonchev–Trinajstić information content (AvgIpc) is 3.14. The third-order valence-electron chi connectivity index (χ3n) is 6.66. The van der Waals surface area contributed by atoms with E-state index in [0.717, 1.165) is 42.8 Å². The third-order valence-corrected chi connectivity index (χ3v) is 6.66. The zero-order valence-corrected chi connectivity index (χ0v) is 20.2. The van der Waals surface area contributed by atoms with Crippen LogP contribution >= 0.6 is 0 Å². The number of nitrogens with zero attached hydrogens (tertiary/aromatic N) is 4. The van der Waals surface area contributed by atoms with Crippen LogP contribution in [0.2, 0.25) is 0 Å². The molecule has 8 nitrogen and oxygen atoms in total. The van der Waals surface area contributed by atoms with Crippen molar-refractivity contribution >= 4 is 22.6 Å². The number of ether oxygens (including phenoxy) is 1. The Bertz CT molecular complexity index is 1160. The molecule has 0 radical (unpaired) electrons. The number of hydrogen-bond donors (Lipinski definition) is 0. The molecule has 1 saturated heterocycles. The first-order valence-corrected chi connectivity index (χ1v) is 11.9. The lowest BCUT2D eigenvalue weighted by Gasteiger charge is -2.38. The predicted molar refractivity (Wildman–Crippen MR) is 133 cm³/mol. The molecular formula is C26H34N4O4. The number of carbonyl (C=O) groups excluding carboxylic acids is 1. The first kappa shape index (κ1) is 24.2. The second-order valence-corrected chi connectivity index (χ2v) is 8.74. The molecule has 2 atom stereocenters. The van der Waals surface area contributed by atoms with E-state index >= 15 is 0 Å². The summed E-state index contributed by atoms with van der Waals surface area (Å²) >= 11 is 0. The molecule has 0 N–H and O–H groups in total. The Morgan fingerprint density at radius 2 is 1.71 bits per heavy atom. The number of benzene rings is 2. The molecule has 1 fully saturated rings. The molecule has 0 spiro atoms. The van der Waals surface area contributed by atoms with Crippen LogP contribution in [-0.4, -0.2) is 59.4 Å². The van der Waals surface area contributed by atoms with Gasteiger partial charge in [0, 0.05) is 46.1 Å². The van der Waals surface area contributed by atoms with Crippen molar-refractivity contribution in [2.75, 3.05) is 38.4 Å². The number of aromatic nitrogens is 2. The van der Waals surface area contributed by atoms with E-state index < -0.39 is 0 Å². The molecule has 1 amide bonds. The Kier molecular flexibility index (Phi) is 7.82. The molecule has 3 aromatic rings. The maximum atomic E-state index is 12.9. The lowest BCUT2D eigenvalue weighted by atomic mass is 9.94. The Hall–Kier alpha value is -2.94. The molecule has 2 aromatic carbocycles. The van der Waals surface area contributed by atoms with Gasteiger partial charge in [-0.15, -0.1) is 0 Å². The molecule has 4 rings (SSSR count). The summed E-state index contributed by atoms with van der Waals surface area (Å²) in [5.74, 6) is 0.0193. The molecule has 8 heteroatoms. The minimum absolute atomic E-state index is 0.00737. The van der Waals surface area contributed by atoms with Gasteiger partial charge in [0.15, 0.2) is 0 Å². The standard InChI is InChI=1S/C26H34N4O4/c1-4-28-23-12-8-9-13-24(23)29(26(28)32)17-16-27-15-14-21(25(18-27)33-3)19-34-30(20(2)31)22-10-6-5-7-11-22/h5-13,21,25H,4,14-19H2,1-3H3. The highest BCUT2D eigenvalue weighted by molar-refractivity contribution is 5.89. The number of imidazole rings is 1. The maximum absolute atomic E-state index is 12.9. The first-order valence-electron chi connectivity index (χ1n) is 11.9. The van der Waals surface area contributed by atoms with Gasteiger partial charge < -0.3 is 4.74 Å². The van der Waals surface area contributed by atoms with E-state index in [1.165, 1.54) is 12.0 Å². The van der Waals surface area contributed by atoms with Gasteiger partial charge in [-0.25, -0.2) is 4.79 Å². The molecular weight excluding hydrogens is 432 g/mol. The number of hydroxylamine groups is 1. The third kappa shape index (κ3) is 5.09. The number of likely N-dealkylation sites (tertiary alicyclic amines) is 1. The predicted octanol–water partition coefficient (Wildman–Crippen LogP) is 3.14. The Labute approximate surface area is 200 Å².